The van der Waals surface area contributed by atoms with Gasteiger partial charge in [0.2, 0.25) is 0 Å². The summed E-state index contributed by atoms with van der Waals surface area (Å²) in [6.07, 6.45) is 0.981. The molecule has 1 atom stereocenters. The lowest BCUT2D eigenvalue weighted by Crippen LogP contribution is -2.37. The third kappa shape index (κ3) is 4.82. The first kappa shape index (κ1) is 19.0. The van der Waals surface area contributed by atoms with Crippen LogP contribution < -0.4 is 10.6 Å². The third-order valence-electron chi connectivity index (χ3n) is 4.37. The zero-order valence-electron chi connectivity index (χ0n) is 15.5. The van der Waals surface area contributed by atoms with E-state index in [-0.39, 0.29) is 12.6 Å². The highest BCUT2D eigenvalue weighted by molar-refractivity contribution is 5.73. The minimum absolute atomic E-state index is 0.170. The van der Waals surface area contributed by atoms with Gasteiger partial charge in [-0.05, 0) is 25.3 Å². The van der Waals surface area contributed by atoms with Crippen molar-refractivity contribution < 1.29 is 9.90 Å². The van der Waals surface area contributed by atoms with Crippen molar-refractivity contribution in [3.63, 3.8) is 0 Å². The maximum absolute atomic E-state index is 12.1. The predicted octanol–water partition coefficient (Wildman–Crippen LogP) is 2.39. The van der Waals surface area contributed by atoms with Gasteiger partial charge < -0.3 is 15.7 Å². The minimum atomic E-state index is -0.720. The maximum Gasteiger partial charge on any atom is 0.315 e. The number of amides is 2. The summed E-state index contributed by atoms with van der Waals surface area (Å²) in [6, 6.07) is 7.34. The van der Waals surface area contributed by atoms with E-state index in [0.717, 1.165) is 40.9 Å². The van der Waals surface area contributed by atoms with Gasteiger partial charge in [-0.2, -0.15) is 5.10 Å². The molecule has 0 saturated carbocycles. The van der Waals surface area contributed by atoms with Crippen LogP contribution in [0.4, 0.5) is 4.79 Å². The van der Waals surface area contributed by atoms with Gasteiger partial charge in [0, 0.05) is 31.4 Å². The van der Waals surface area contributed by atoms with Crippen LogP contribution >= 0.6 is 0 Å². The number of aryl methyl sites for hydroxylation is 3. The van der Waals surface area contributed by atoms with Crippen molar-refractivity contribution >= 4 is 6.03 Å². The fourth-order valence-corrected chi connectivity index (χ4v) is 2.92. The number of benzene rings is 1. The van der Waals surface area contributed by atoms with Crippen LogP contribution in [0.3, 0.4) is 0 Å². The average molecular weight is 344 g/mol. The van der Waals surface area contributed by atoms with Crippen LogP contribution in [-0.2, 0) is 26.4 Å². The van der Waals surface area contributed by atoms with Gasteiger partial charge in [-0.3, -0.25) is 4.68 Å². The Hall–Kier alpha value is -2.34. The van der Waals surface area contributed by atoms with Crippen LogP contribution in [0.5, 0.6) is 0 Å². The quantitative estimate of drug-likeness (QED) is 0.721. The highest BCUT2D eigenvalue weighted by atomic mass is 16.3. The smallest absolute Gasteiger partial charge is 0.315 e. The van der Waals surface area contributed by atoms with Gasteiger partial charge in [-0.1, -0.05) is 43.7 Å². The fraction of sp³-hybridized carbons (Fsp3) is 0.474. The topological polar surface area (TPSA) is 79.2 Å². The summed E-state index contributed by atoms with van der Waals surface area (Å²) in [5, 5.41) is 20.2. The molecule has 2 rings (SSSR count). The fourth-order valence-electron chi connectivity index (χ4n) is 2.92. The molecule has 6 heteroatoms. The molecule has 0 bridgehead atoms. The number of aliphatic hydroxyl groups is 1. The average Bonchev–Trinajstić information content (AvgIpc) is 2.93. The molecular formula is C19H28N4O2. The molecule has 25 heavy (non-hydrogen) atoms. The normalized spacial score (nSPS) is 12.0. The molecule has 0 fully saturated rings. The van der Waals surface area contributed by atoms with Gasteiger partial charge in [-0.25, -0.2) is 4.79 Å². The van der Waals surface area contributed by atoms with Crippen LogP contribution in [0, 0.1) is 6.92 Å². The second kappa shape index (κ2) is 8.67. The van der Waals surface area contributed by atoms with E-state index in [1.165, 1.54) is 0 Å². The molecule has 0 aliphatic carbocycles. The highest BCUT2D eigenvalue weighted by Gasteiger charge is 2.15. The summed E-state index contributed by atoms with van der Waals surface area (Å²) in [5.74, 6) is 0. The number of aromatic nitrogens is 2. The van der Waals surface area contributed by atoms with Crippen LogP contribution in [0.2, 0.25) is 0 Å². The molecule has 1 aromatic heterocycles. The first-order valence-corrected chi connectivity index (χ1v) is 8.76. The molecule has 6 nitrogen and oxygen atoms in total. The number of carbonyl (C=O) groups is 1. The minimum Gasteiger partial charge on any atom is -0.387 e. The molecule has 0 spiro atoms. The van der Waals surface area contributed by atoms with Gasteiger partial charge in [0.15, 0.2) is 0 Å². The first-order valence-electron chi connectivity index (χ1n) is 8.76. The summed E-state index contributed by atoms with van der Waals surface area (Å²) in [4.78, 5) is 12.1. The second-order valence-electron chi connectivity index (χ2n) is 6.19. The Morgan fingerprint density at radius 2 is 1.88 bits per heavy atom. The number of aliphatic hydroxyl groups excluding tert-OH is 1. The van der Waals surface area contributed by atoms with Crippen LogP contribution in [-0.4, -0.2) is 27.5 Å². The molecule has 2 aromatic rings. The van der Waals surface area contributed by atoms with Gasteiger partial charge in [-0.15, -0.1) is 0 Å². The SMILES string of the molecule is CCc1nn(C)c(CC)c1CNC(=O)NCC(O)c1ccc(C)cc1. The van der Waals surface area contributed by atoms with E-state index in [1.807, 2.05) is 42.9 Å². The molecule has 1 unspecified atom stereocenters. The van der Waals surface area contributed by atoms with Crippen molar-refractivity contribution in [2.24, 2.45) is 7.05 Å². The summed E-state index contributed by atoms with van der Waals surface area (Å²) in [6.45, 7) is 6.74. The monoisotopic (exact) mass is 344 g/mol. The summed E-state index contributed by atoms with van der Waals surface area (Å²) in [5.41, 5.74) is 5.16. The van der Waals surface area contributed by atoms with Crippen LogP contribution in [0.15, 0.2) is 24.3 Å². The number of carbonyl (C=O) groups excluding carboxylic acids is 1. The Bertz CT molecular complexity index is 707. The predicted molar refractivity (Wildman–Crippen MR) is 98.3 cm³/mol. The molecule has 3 N–H and O–H groups in total. The Morgan fingerprint density at radius 1 is 1.20 bits per heavy atom. The van der Waals surface area contributed by atoms with E-state index < -0.39 is 6.10 Å². The standard InChI is InChI=1S/C19H28N4O2/c1-5-16-15(17(6-2)23(4)22-16)11-20-19(25)21-12-18(24)14-9-7-13(3)8-10-14/h7-10,18,24H,5-6,11-12H2,1-4H3,(H2,20,21,25). The van der Waals surface area contributed by atoms with Crippen LogP contribution in [0.1, 0.15) is 48.0 Å². The number of hydrogen-bond acceptors (Lipinski definition) is 3. The van der Waals surface area contributed by atoms with E-state index in [2.05, 4.69) is 29.6 Å². The van der Waals surface area contributed by atoms with Crippen molar-refractivity contribution in [2.75, 3.05) is 6.54 Å². The number of nitrogens with zero attached hydrogens (tertiary/aromatic N) is 2. The van der Waals surface area contributed by atoms with Gasteiger partial charge in [0.05, 0.1) is 11.8 Å². The molecule has 136 valence electrons. The summed E-state index contributed by atoms with van der Waals surface area (Å²) >= 11 is 0. The van der Waals surface area contributed by atoms with E-state index >= 15 is 0 Å². The van der Waals surface area contributed by atoms with Crippen LogP contribution in [0.25, 0.3) is 0 Å². The van der Waals surface area contributed by atoms with Crippen molar-refractivity contribution in [2.45, 2.75) is 46.3 Å². The van der Waals surface area contributed by atoms with Crippen molar-refractivity contribution in [1.29, 1.82) is 0 Å². The zero-order valence-corrected chi connectivity index (χ0v) is 15.5. The molecule has 0 aliphatic rings. The summed E-state index contributed by atoms with van der Waals surface area (Å²) < 4.78 is 1.88. The lowest BCUT2D eigenvalue weighted by atomic mass is 10.1. The first-order chi connectivity index (χ1) is 12.0. The Balaban J connectivity index is 1.88. The van der Waals surface area contributed by atoms with Gasteiger partial charge in [0.25, 0.3) is 0 Å². The lowest BCUT2D eigenvalue weighted by Gasteiger charge is -2.13. The third-order valence-corrected chi connectivity index (χ3v) is 4.37. The van der Waals surface area contributed by atoms with Crippen molar-refractivity contribution in [1.82, 2.24) is 20.4 Å². The zero-order chi connectivity index (χ0) is 18.4. The molecular weight excluding hydrogens is 316 g/mol. The summed E-state index contributed by atoms with van der Waals surface area (Å²) in [7, 11) is 1.93. The molecule has 1 aromatic carbocycles. The van der Waals surface area contributed by atoms with E-state index in [0.29, 0.717) is 6.54 Å². The Kier molecular flexibility index (Phi) is 6.58. The largest absolute Gasteiger partial charge is 0.387 e. The van der Waals surface area contributed by atoms with E-state index in [1.54, 1.807) is 0 Å². The number of hydrogen-bond donors (Lipinski definition) is 3. The van der Waals surface area contributed by atoms with Crippen molar-refractivity contribution in [3.05, 3.63) is 52.3 Å². The molecule has 0 saturated heterocycles. The van der Waals surface area contributed by atoms with E-state index in [9.17, 15) is 9.90 Å². The molecule has 0 radical (unpaired) electrons. The number of rotatable bonds is 7. The second-order valence-corrected chi connectivity index (χ2v) is 6.19. The molecule has 1 heterocycles. The van der Waals surface area contributed by atoms with Gasteiger partial charge >= 0.3 is 6.03 Å². The maximum atomic E-state index is 12.1. The molecule has 2 amide bonds. The molecule has 0 aliphatic heterocycles. The highest BCUT2D eigenvalue weighted by Crippen LogP contribution is 2.15. The number of urea groups is 1. The Labute approximate surface area is 149 Å². The number of nitrogens with one attached hydrogen (secondary N) is 2. The van der Waals surface area contributed by atoms with Crippen molar-refractivity contribution in [3.8, 4) is 0 Å². The van der Waals surface area contributed by atoms with Gasteiger partial charge in [0.1, 0.15) is 0 Å². The lowest BCUT2D eigenvalue weighted by molar-refractivity contribution is 0.173. The van der Waals surface area contributed by atoms with E-state index in [4.69, 9.17) is 0 Å². The Morgan fingerprint density at radius 3 is 2.48 bits per heavy atom.